The maximum absolute atomic E-state index is 2.43. The van der Waals surface area contributed by atoms with E-state index in [-0.39, 0.29) is 5.41 Å². The van der Waals surface area contributed by atoms with Crippen LogP contribution in [0.2, 0.25) is 0 Å². The average molecular weight is 220 g/mol. The quantitative estimate of drug-likeness (QED) is 0.550. The average Bonchev–Trinajstić information content (AvgIpc) is 2.02. The first-order valence-corrected chi connectivity index (χ1v) is 7.33. The first-order chi connectivity index (χ1) is 5.67. The Morgan fingerprint density at radius 3 is 2.83 bits per heavy atom. The summed E-state index contributed by atoms with van der Waals surface area (Å²) in [6.45, 7) is 4.52. The van der Waals surface area contributed by atoms with Crippen molar-refractivity contribution in [3.8, 4) is 0 Å². The summed E-state index contributed by atoms with van der Waals surface area (Å²) < 4.78 is 1.58. The summed E-state index contributed by atoms with van der Waals surface area (Å²) in [5.74, 6) is 0. The van der Waals surface area contributed by atoms with Gasteiger partial charge in [-0.3, -0.25) is 0 Å². The molecule has 0 nitrogen and oxygen atoms in total. The van der Waals surface area contributed by atoms with Crippen molar-refractivity contribution in [1.82, 2.24) is 0 Å². The summed E-state index contributed by atoms with van der Waals surface area (Å²) in [5, 5.41) is 0. The molecule has 12 heavy (non-hydrogen) atoms. The second kappa shape index (κ2) is 2.78. The molecule has 0 aromatic heterocycles. The molecule has 0 bridgehead atoms. The first kappa shape index (κ1) is 8.13. The third-order valence-electron chi connectivity index (χ3n) is 2.11. The number of allylic oxidation sites excluding steroid dienone is 6. The van der Waals surface area contributed by atoms with Gasteiger partial charge in [0.1, 0.15) is 0 Å². The summed E-state index contributed by atoms with van der Waals surface area (Å²) in [6, 6.07) is 0. The van der Waals surface area contributed by atoms with Crippen molar-refractivity contribution in [2.24, 2.45) is 5.41 Å². The predicted molar refractivity (Wildman–Crippen MR) is 55.0 cm³/mol. The summed E-state index contributed by atoms with van der Waals surface area (Å²) in [7, 11) is 0. The monoisotopic (exact) mass is 220 g/mol. The Bertz CT molecular complexity index is 303. The van der Waals surface area contributed by atoms with Crippen LogP contribution >= 0.6 is 0 Å². The molecule has 0 aromatic rings. The van der Waals surface area contributed by atoms with Crippen molar-refractivity contribution in [3.63, 3.8) is 0 Å². The van der Waals surface area contributed by atoms with Gasteiger partial charge in [-0.2, -0.15) is 0 Å². The van der Waals surface area contributed by atoms with E-state index >= 15 is 0 Å². The molecule has 0 amide bonds. The van der Waals surface area contributed by atoms with Crippen LogP contribution in [0.15, 0.2) is 44.5 Å². The van der Waals surface area contributed by atoms with E-state index in [2.05, 4.69) is 54.0 Å². The van der Waals surface area contributed by atoms with Crippen LogP contribution in [0.3, 0.4) is 0 Å². The Labute approximate surface area is 78.6 Å². The van der Waals surface area contributed by atoms with Crippen molar-refractivity contribution < 1.29 is 0 Å². The Hall–Kier alpha value is -0.482. The first-order valence-electron chi connectivity index (χ1n) is 4.23. The molecule has 1 atom stereocenters. The zero-order chi connectivity index (χ0) is 8.60. The molecule has 2 rings (SSSR count). The van der Waals surface area contributed by atoms with E-state index in [4.69, 9.17) is 0 Å². The van der Waals surface area contributed by atoms with Gasteiger partial charge in [0.25, 0.3) is 0 Å². The van der Waals surface area contributed by atoms with Crippen LogP contribution in [-0.4, -0.2) is 14.7 Å². The molecule has 0 spiro atoms. The molecule has 0 radical (unpaired) electrons. The molecule has 0 N–H and O–H groups in total. The molecule has 2 heterocycles. The fourth-order valence-electron chi connectivity index (χ4n) is 1.43. The van der Waals surface area contributed by atoms with E-state index in [1.807, 2.05) is 0 Å². The predicted octanol–water partition coefficient (Wildman–Crippen LogP) is 2.75. The van der Waals surface area contributed by atoms with Crippen molar-refractivity contribution >= 4 is 14.7 Å². The topological polar surface area (TPSA) is 0 Å². The van der Waals surface area contributed by atoms with Gasteiger partial charge in [0.05, 0.1) is 0 Å². The van der Waals surface area contributed by atoms with Gasteiger partial charge in [-0.05, 0) is 0 Å². The molecule has 0 fully saturated rings. The summed E-state index contributed by atoms with van der Waals surface area (Å²) in [4.78, 5) is 4.81. The molecule has 2 aliphatic heterocycles. The van der Waals surface area contributed by atoms with Crippen LogP contribution in [0.1, 0.15) is 13.8 Å². The Balaban J connectivity index is 2.36. The molecule has 2 aliphatic rings. The van der Waals surface area contributed by atoms with Gasteiger partial charge >= 0.3 is 78.4 Å². The van der Waals surface area contributed by atoms with Crippen LogP contribution in [0.4, 0.5) is 0 Å². The summed E-state index contributed by atoms with van der Waals surface area (Å²) in [6.07, 6.45) is 11.4. The van der Waals surface area contributed by atoms with Gasteiger partial charge in [-0.15, -0.1) is 0 Å². The van der Waals surface area contributed by atoms with Crippen LogP contribution in [0, 0.1) is 5.41 Å². The SMILES string of the molecule is CC1(C)C=C[As]2C=CC=CC2=C1. The van der Waals surface area contributed by atoms with Gasteiger partial charge in [0.2, 0.25) is 0 Å². The van der Waals surface area contributed by atoms with E-state index in [9.17, 15) is 0 Å². The van der Waals surface area contributed by atoms with Crippen molar-refractivity contribution in [1.29, 1.82) is 0 Å². The van der Waals surface area contributed by atoms with E-state index < -0.39 is 14.7 Å². The molecular formula is C11H13As. The molecular weight excluding hydrogens is 207 g/mol. The molecule has 0 saturated carbocycles. The van der Waals surface area contributed by atoms with Crippen LogP contribution in [-0.2, 0) is 0 Å². The molecule has 62 valence electrons. The second-order valence-electron chi connectivity index (χ2n) is 3.81. The van der Waals surface area contributed by atoms with Crippen LogP contribution in [0.25, 0.3) is 0 Å². The Morgan fingerprint density at radius 1 is 1.17 bits per heavy atom. The van der Waals surface area contributed by atoms with E-state index in [0.29, 0.717) is 0 Å². The fraction of sp³-hybridized carbons (Fsp3) is 0.273. The second-order valence-corrected chi connectivity index (χ2v) is 7.86. The van der Waals surface area contributed by atoms with Gasteiger partial charge < -0.3 is 0 Å². The zero-order valence-corrected chi connectivity index (χ0v) is 9.37. The van der Waals surface area contributed by atoms with Gasteiger partial charge in [0, 0.05) is 0 Å². The normalized spacial score (nSPS) is 29.8. The number of fused-ring (bicyclic) bond motifs is 1. The fourth-order valence-corrected chi connectivity index (χ4v) is 5.65. The minimum atomic E-state index is -0.869. The summed E-state index contributed by atoms with van der Waals surface area (Å²) in [5.41, 5.74) is 0.274. The third kappa shape index (κ3) is 1.49. The molecule has 0 aliphatic carbocycles. The number of hydrogen-bond donors (Lipinski definition) is 0. The van der Waals surface area contributed by atoms with E-state index in [0.717, 1.165) is 0 Å². The summed E-state index contributed by atoms with van der Waals surface area (Å²) >= 11 is -0.869. The molecule has 0 aromatic carbocycles. The third-order valence-corrected chi connectivity index (χ3v) is 5.96. The molecule has 0 saturated heterocycles. The van der Waals surface area contributed by atoms with Crippen LogP contribution < -0.4 is 0 Å². The van der Waals surface area contributed by atoms with Crippen molar-refractivity contribution in [2.45, 2.75) is 13.8 Å². The molecule has 1 unspecified atom stereocenters. The van der Waals surface area contributed by atoms with Crippen molar-refractivity contribution in [2.75, 3.05) is 0 Å². The minimum absolute atomic E-state index is 0.274. The van der Waals surface area contributed by atoms with E-state index in [1.165, 1.54) is 0 Å². The Morgan fingerprint density at radius 2 is 2.00 bits per heavy atom. The van der Waals surface area contributed by atoms with Gasteiger partial charge in [0.15, 0.2) is 0 Å². The van der Waals surface area contributed by atoms with E-state index in [1.54, 1.807) is 4.36 Å². The zero-order valence-electron chi connectivity index (χ0n) is 7.49. The molecule has 1 heteroatoms. The van der Waals surface area contributed by atoms with Crippen LogP contribution in [0.5, 0.6) is 0 Å². The standard InChI is InChI=1S/C11H13As/c1-11(2)6-8-12-7-4-3-5-10(12)9-11/h3-9H,1-2H3. The van der Waals surface area contributed by atoms with Gasteiger partial charge in [-0.25, -0.2) is 0 Å². The number of rotatable bonds is 0. The van der Waals surface area contributed by atoms with Crippen molar-refractivity contribution in [3.05, 3.63) is 44.5 Å². The van der Waals surface area contributed by atoms with Gasteiger partial charge in [-0.1, -0.05) is 0 Å². The number of hydrogen-bond acceptors (Lipinski definition) is 0. The maximum atomic E-state index is 2.43. The Kier molecular flexibility index (Phi) is 1.88.